The van der Waals surface area contributed by atoms with Gasteiger partial charge in [-0.15, -0.1) is 0 Å². The summed E-state index contributed by atoms with van der Waals surface area (Å²) in [5, 5.41) is 31.6. The molecule has 0 amide bonds. The van der Waals surface area contributed by atoms with E-state index in [1.165, 1.54) is 109 Å². The number of aliphatic hydroxyl groups excluding tert-OH is 2. The van der Waals surface area contributed by atoms with Gasteiger partial charge in [-0.05, 0) is 83.5 Å². The first-order chi connectivity index (χ1) is 38.6. The Hall–Kier alpha value is -3.58. The molecule has 0 aromatic carbocycles. The number of carbonyl (C=O) groups excluding carboxylic acids is 3. The summed E-state index contributed by atoms with van der Waals surface area (Å²) in [4.78, 5) is 51.3. The third-order valence-corrected chi connectivity index (χ3v) is 14.6. The Labute approximate surface area is 481 Å². The van der Waals surface area contributed by atoms with E-state index in [2.05, 4.69) is 81.5 Å². The molecule has 6 unspecified atom stereocenters. The van der Waals surface area contributed by atoms with Crippen LogP contribution in [0.4, 0.5) is 0 Å². The fourth-order valence-corrected chi connectivity index (χ4v) is 9.65. The average molecular weight is 1110 g/mol. The van der Waals surface area contributed by atoms with Gasteiger partial charge in [0.1, 0.15) is 18.8 Å². The number of esters is 3. The minimum atomic E-state index is -1.91. The van der Waals surface area contributed by atoms with Crippen LogP contribution in [0.5, 0.6) is 0 Å². The second-order valence-electron chi connectivity index (χ2n) is 22.0. The van der Waals surface area contributed by atoms with Crippen LogP contribution in [0.25, 0.3) is 0 Å². The van der Waals surface area contributed by atoms with E-state index >= 15 is 0 Å². The van der Waals surface area contributed by atoms with Crippen molar-refractivity contribution in [1.82, 2.24) is 0 Å². The highest BCUT2D eigenvalue weighted by molar-refractivity contribution is 5.74. The number of aliphatic hydroxyl groups is 2. The summed E-state index contributed by atoms with van der Waals surface area (Å²) >= 11 is 0. The molecule has 0 aromatic heterocycles. The lowest BCUT2D eigenvalue weighted by molar-refractivity contribution is -0.301. The third kappa shape index (κ3) is 44.7. The van der Waals surface area contributed by atoms with Gasteiger partial charge in [-0.1, -0.05) is 248 Å². The number of rotatable bonds is 55. The lowest BCUT2D eigenvalue weighted by atomic mass is 9.98. The van der Waals surface area contributed by atoms with Gasteiger partial charge in [-0.3, -0.25) is 14.4 Å². The number of unbranched alkanes of at least 4 members (excludes halogenated alkanes) is 31. The normalized spacial score (nSPS) is 18.2. The highest BCUT2D eigenvalue weighted by atomic mass is 16.7. The lowest BCUT2D eigenvalue weighted by Gasteiger charge is -2.40. The molecule has 1 saturated heterocycles. The summed E-state index contributed by atoms with van der Waals surface area (Å²) in [6.07, 6.45) is 56.0. The summed E-state index contributed by atoms with van der Waals surface area (Å²) in [5.41, 5.74) is 0. The first-order valence-electron chi connectivity index (χ1n) is 32.3. The Kier molecular flexibility index (Phi) is 51.1. The second-order valence-corrected chi connectivity index (χ2v) is 22.0. The van der Waals surface area contributed by atoms with Gasteiger partial charge < -0.3 is 39.0 Å². The van der Waals surface area contributed by atoms with E-state index in [-0.39, 0.29) is 25.9 Å². The second kappa shape index (κ2) is 55.0. The molecule has 1 aliphatic heterocycles. The highest BCUT2D eigenvalue weighted by Gasteiger charge is 2.50. The molecule has 0 aromatic rings. The Morgan fingerprint density at radius 1 is 0.430 bits per heavy atom. The molecule has 3 N–H and O–H groups in total. The van der Waals surface area contributed by atoms with Gasteiger partial charge in [0.2, 0.25) is 0 Å². The minimum absolute atomic E-state index is 0.0492. The van der Waals surface area contributed by atoms with E-state index in [0.29, 0.717) is 19.3 Å². The van der Waals surface area contributed by atoms with Crippen molar-refractivity contribution in [3.8, 4) is 0 Å². The quantitative estimate of drug-likeness (QED) is 0.0228. The maximum Gasteiger partial charge on any atom is 0.335 e. The van der Waals surface area contributed by atoms with Crippen LogP contribution in [0.1, 0.15) is 290 Å². The van der Waals surface area contributed by atoms with Gasteiger partial charge in [0.15, 0.2) is 24.6 Å². The molecule has 12 heteroatoms. The van der Waals surface area contributed by atoms with Crippen molar-refractivity contribution in [2.75, 3.05) is 13.2 Å². The molecule has 1 heterocycles. The van der Waals surface area contributed by atoms with Crippen LogP contribution in [0, 0.1) is 0 Å². The fraction of sp³-hybridized carbons (Fsp3) is 0.791. The number of carboxylic acids is 1. The van der Waals surface area contributed by atoms with Crippen LogP contribution in [-0.2, 0) is 42.9 Å². The molecule has 456 valence electrons. The average Bonchev–Trinajstić information content (AvgIpc) is 3.43. The van der Waals surface area contributed by atoms with Gasteiger partial charge in [0.25, 0.3) is 0 Å². The largest absolute Gasteiger partial charge is 0.479 e. The summed E-state index contributed by atoms with van der Waals surface area (Å²) < 4.78 is 28.5. The number of allylic oxidation sites excluding steroid dienone is 10. The number of carbonyl (C=O) groups is 4. The zero-order valence-electron chi connectivity index (χ0n) is 50.4. The van der Waals surface area contributed by atoms with E-state index in [9.17, 15) is 34.5 Å². The third-order valence-electron chi connectivity index (χ3n) is 14.6. The van der Waals surface area contributed by atoms with Crippen LogP contribution in [-0.4, -0.2) is 89.2 Å². The summed E-state index contributed by atoms with van der Waals surface area (Å²) in [5.74, 6) is -3.12. The molecule has 79 heavy (non-hydrogen) atoms. The van der Waals surface area contributed by atoms with Crippen molar-refractivity contribution < 1.29 is 58.2 Å². The number of hydrogen-bond acceptors (Lipinski definition) is 11. The van der Waals surface area contributed by atoms with Crippen molar-refractivity contribution in [2.45, 2.75) is 327 Å². The first kappa shape index (κ1) is 73.4. The van der Waals surface area contributed by atoms with Crippen LogP contribution in [0.2, 0.25) is 0 Å². The van der Waals surface area contributed by atoms with E-state index < -0.39 is 67.3 Å². The Bertz CT molecular complexity index is 1600. The maximum atomic E-state index is 13.2. The van der Waals surface area contributed by atoms with E-state index in [0.717, 1.165) is 122 Å². The standard InChI is InChI=1S/C67H116O12/c1-4-7-10-13-16-19-22-25-28-30-33-35-38-41-44-47-50-53-59(68)75-56-58(77-60(69)54-51-48-45-42-39-36-32-27-24-21-18-15-12-9-6-3)57-76-67-65(63(72)62(71)64(79-67)66(73)74)78-61(70)55-52-49-46-43-40-37-34-31-29-26-23-20-17-14-11-8-5-2/h8,11,16-17,19-20,25-26,28-29,58,62-65,67,71-72H,4-7,9-10,12-15,18,21-24,27,30-57H2,1-3H3,(H,73,74)/b11-8-,19-16-,20-17-,28-25-,29-26-. The summed E-state index contributed by atoms with van der Waals surface area (Å²) in [7, 11) is 0. The zero-order valence-corrected chi connectivity index (χ0v) is 50.4. The van der Waals surface area contributed by atoms with E-state index in [1.54, 1.807) is 0 Å². The monoisotopic (exact) mass is 1110 g/mol. The van der Waals surface area contributed by atoms with Crippen molar-refractivity contribution >= 4 is 23.9 Å². The number of ether oxygens (including phenoxy) is 5. The van der Waals surface area contributed by atoms with Crippen LogP contribution < -0.4 is 0 Å². The van der Waals surface area contributed by atoms with Crippen LogP contribution in [0.15, 0.2) is 60.8 Å². The summed E-state index contributed by atoms with van der Waals surface area (Å²) in [6, 6.07) is 0. The molecule has 0 radical (unpaired) electrons. The van der Waals surface area contributed by atoms with Crippen LogP contribution >= 0.6 is 0 Å². The number of aliphatic carboxylic acids is 1. The predicted molar refractivity (Wildman–Crippen MR) is 322 cm³/mol. The Morgan fingerprint density at radius 3 is 1.24 bits per heavy atom. The smallest absolute Gasteiger partial charge is 0.335 e. The van der Waals surface area contributed by atoms with Crippen molar-refractivity contribution in [3.63, 3.8) is 0 Å². The molecule has 0 spiro atoms. The minimum Gasteiger partial charge on any atom is -0.479 e. The molecular weight excluding hydrogens is 997 g/mol. The first-order valence-corrected chi connectivity index (χ1v) is 32.3. The molecule has 1 aliphatic rings. The molecule has 1 rings (SSSR count). The zero-order chi connectivity index (χ0) is 57.5. The van der Waals surface area contributed by atoms with E-state index in [4.69, 9.17) is 23.7 Å². The maximum absolute atomic E-state index is 13.2. The van der Waals surface area contributed by atoms with Crippen molar-refractivity contribution in [2.24, 2.45) is 0 Å². The predicted octanol–water partition coefficient (Wildman–Crippen LogP) is 17.1. The van der Waals surface area contributed by atoms with E-state index in [1.807, 2.05) is 0 Å². The molecule has 12 nitrogen and oxygen atoms in total. The van der Waals surface area contributed by atoms with Gasteiger partial charge in [0.05, 0.1) is 6.61 Å². The van der Waals surface area contributed by atoms with Crippen molar-refractivity contribution in [1.29, 1.82) is 0 Å². The Balaban J connectivity index is 2.66. The van der Waals surface area contributed by atoms with Gasteiger partial charge in [0, 0.05) is 19.3 Å². The summed E-state index contributed by atoms with van der Waals surface area (Å²) in [6.45, 7) is 5.89. The molecule has 0 aliphatic carbocycles. The van der Waals surface area contributed by atoms with Crippen LogP contribution in [0.3, 0.4) is 0 Å². The Morgan fingerprint density at radius 2 is 0.797 bits per heavy atom. The van der Waals surface area contributed by atoms with Gasteiger partial charge in [-0.25, -0.2) is 4.79 Å². The highest BCUT2D eigenvalue weighted by Crippen LogP contribution is 2.27. The lowest BCUT2D eigenvalue weighted by Crippen LogP contribution is -2.61. The van der Waals surface area contributed by atoms with Gasteiger partial charge in [-0.2, -0.15) is 0 Å². The molecule has 6 atom stereocenters. The molecule has 1 fully saturated rings. The number of hydrogen-bond donors (Lipinski definition) is 3. The number of carboxylic acid groups (broad SMARTS) is 1. The molecular formula is C67H116O12. The van der Waals surface area contributed by atoms with Gasteiger partial charge >= 0.3 is 23.9 Å². The SMILES string of the molecule is CC/C=C\C/C=C\C/C=C\CCCCCCCCCC(=O)OC1C(OCC(COC(=O)CCCCCCCCC/C=C\C/C=C\CCCCC)OC(=O)CCCCCCCCCCCCCCCCC)OC(C(=O)O)C(O)C1O. The molecule has 0 bridgehead atoms. The molecule has 0 saturated carbocycles. The topological polar surface area (TPSA) is 175 Å². The van der Waals surface area contributed by atoms with Crippen molar-refractivity contribution in [3.05, 3.63) is 60.8 Å². The fourth-order valence-electron chi connectivity index (χ4n) is 9.65.